The highest BCUT2D eigenvalue weighted by Gasteiger charge is 2.33. The maximum atomic E-state index is 12.2. The lowest BCUT2D eigenvalue weighted by Gasteiger charge is -2.40. The minimum Gasteiger partial charge on any atom is -0.351 e. The van der Waals surface area contributed by atoms with Crippen molar-refractivity contribution in [1.29, 1.82) is 0 Å². The Labute approximate surface area is 133 Å². The predicted molar refractivity (Wildman–Crippen MR) is 87.3 cm³/mol. The molecule has 22 heavy (non-hydrogen) atoms. The summed E-state index contributed by atoms with van der Waals surface area (Å²) in [5.41, 5.74) is 1.23. The van der Waals surface area contributed by atoms with Gasteiger partial charge >= 0.3 is 0 Å². The Balaban J connectivity index is 1.39. The Hall–Kier alpha value is -1.42. The van der Waals surface area contributed by atoms with E-state index >= 15 is 0 Å². The molecular weight excluding hydrogens is 274 g/mol. The Morgan fingerprint density at radius 3 is 2.73 bits per heavy atom. The summed E-state index contributed by atoms with van der Waals surface area (Å²) in [6.07, 6.45) is 8.33. The first-order valence-electron chi connectivity index (χ1n) is 8.56. The molecule has 1 aromatic heterocycles. The Kier molecular flexibility index (Phi) is 4.77. The summed E-state index contributed by atoms with van der Waals surface area (Å²) in [6, 6.07) is 6.08. The molecule has 0 bridgehead atoms. The van der Waals surface area contributed by atoms with Crippen molar-refractivity contribution < 1.29 is 4.79 Å². The molecule has 0 atom stereocenters. The van der Waals surface area contributed by atoms with Crippen molar-refractivity contribution >= 4 is 5.91 Å². The van der Waals surface area contributed by atoms with E-state index in [0.29, 0.717) is 12.3 Å². The second kappa shape index (κ2) is 6.78. The zero-order valence-corrected chi connectivity index (χ0v) is 13.6. The number of pyridine rings is 1. The smallest absolute Gasteiger partial charge is 0.220 e. The van der Waals surface area contributed by atoms with Gasteiger partial charge in [-0.15, -0.1) is 0 Å². The van der Waals surface area contributed by atoms with Crippen LogP contribution in [0.2, 0.25) is 0 Å². The third kappa shape index (κ3) is 4.07. The molecule has 1 aliphatic heterocycles. The minimum atomic E-state index is 0.0940. The molecule has 1 N–H and O–H groups in total. The van der Waals surface area contributed by atoms with Crippen molar-refractivity contribution in [2.75, 3.05) is 13.1 Å². The fraction of sp³-hybridized carbons (Fsp3) is 0.667. The number of aromatic nitrogens is 1. The van der Waals surface area contributed by atoms with E-state index in [4.69, 9.17) is 0 Å². The van der Waals surface area contributed by atoms with Gasteiger partial charge in [0.1, 0.15) is 0 Å². The molecule has 3 rings (SSSR count). The van der Waals surface area contributed by atoms with Crippen LogP contribution in [0.25, 0.3) is 0 Å². The highest BCUT2D eigenvalue weighted by atomic mass is 16.1. The lowest BCUT2D eigenvalue weighted by molar-refractivity contribution is -0.125. The zero-order valence-electron chi connectivity index (χ0n) is 13.6. The highest BCUT2D eigenvalue weighted by Crippen LogP contribution is 2.31. The molecule has 2 heterocycles. The molecule has 120 valence electrons. The third-order valence-electron chi connectivity index (χ3n) is 5.19. The summed E-state index contributed by atoms with van der Waals surface area (Å²) < 4.78 is 0. The maximum absolute atomic E-state index is 12.2. The number of carbonyl (C=O) groups excluding carboxylic acids is 1. The SMILES string of the molecule is CC1(NC(=O)CC2CCN(Cc3ccccn3)CC2)CCC1. The molecule has 0 unspecified atom stereocenters. The van der Waals surface area contributed by atoms with E-state index in [-0.39, 0.29) is 11.4 Å². The summed E-state index contributed by atoms with van der Waals surface area (Å²) in [5, 5.41) is 3.23. The quantitative estimate of drug-likeness (QED) is 0.909. The molecule has 2 fully saturated rings. The van der Waals surface area contributed by atoms with Gasteiger partial charge < -0.3 is 5.32 Å². The van der Waals surface area contributed by atoms with Gasteiger partial charge in [0, 0.05) is 24.7 Å². The van der Waals surface area contributed by atoms with E-state index in [1.54, 1.807) is 0 Å². The normalized spacial score (nSPS) is 22.0. The monoisotopic (exact) mass is 301 g/mol. The van der Waals surface area contributed by atoms with Crippen molar-refractivity contribution in [2.45, 2.75) is 57.5 Å². The van der Waals surface area contributed by atoms with Crippen molar-refractivity contribution in [3.63, 3.8) is 0 Å². The molecule has 4 nitrogen and oxygen atoms in total. The van der Waals surface area contributed by atoms with Gasteiger partial charge in [-0.05, 0) is 70.2 Å². The van der Waals surface area contributed by atoms with Gasteiger partial charge in [-0.25, -0.2) is 0 Å². The molecule has 4 heteroatoms. The van der Waals surface area contributed by atoms with Crippen LogP contribution in [-0.4, -0.2) is 34.4 Å². The van der Waals surface area contributed by atoms with Gasteiger partial charge in [-0.2, -0.15) is 0 Å². The number of nitrogens with zero attached hydrogens (tertiary/aromatic N) is 2. The predicted octanol–water partition coefficient (Wildman–Crippen LogP) is 2.74. The second-order valence-electron chi connectivity index (χ2n) is 7.21. The fourth-order valence-corrected chi connectivity index (χ4v) is 3.55. The van der Waals surface area contributed by atoms with Crippen molar-refractivity contribution in [3.05, 3.63) is 30.1 Å². The largest absolute Gasteiger partial charge is 0.351 e. The van der Waals surface area contributed by atoms with E-state index in [1.165, 1.54) is 6.42 Å². The van der Waals surface area contributed by atoms with Crippen LogP contribution in [0.5, 0.6) is 0 Å². The van der Waals surface area contributed by atoms with E-state index in [2.05, 4.69) is 28.2 Å². The zero-order chi connectivity index (χ0) is 15.4. The van der Waals surface area contributed by atoms with Crippen LogP contribution in [0.1, 0.15) is 51.1 Å². The number of piperidine rings is 1. The Bertz CT molecular complexity index is 490. The third-order valence-corrected chi connectivity index (χ3v) is 5.19. The molecular formula is C18H27N3O. The van der Waals surface area contributed by atoms with Crippen molar-refractivity contribution in [1.82, 2.24) is 15.2 Å². The summed E-state index contributed by atoms with van der Waals surface area (Å²) in [5.74, 6) is 0.800. The molecule has 1 saturated carbocycles. The molecule has 1 aromatic rings. The molecule has 0 aromatic carbocycles. The van der Waals surface area contributed by atoms with Gasteiger partial charge in [-0.1, -0.05) is 6.07 Å². The average molecular weight is 301 g/mol. The first-order valence-corrected chi connectivity index (χ1v) is 8.56. The highest BCUT2D eigenvalue weighted by molar-refractivity contribution is 5.77. The number of carbonyl (C=O) groups is 1. The summed E-state index contributed by atoms with van der Waals surface area (Å²) in [7, 11) is 0. The first-order chi connectivity index (χ1) is 10.6. The van der Waals surface area contributed by atoms with Crippen LogP contribution in [0.15, 0.2) is 24.4 Å². The summed E-state index contributed by atoms with van der Waals surface area (Å²) in [4.78, 5) is 19.0. The average Bonchev–Trinajstić information content (AvgIpc) is 2.49. The molecule has 1 aliphatic carbocycles. The molecule has 0 radical (unpaired) electrons. The van der Waals surface area contributed by atoms with Gasteiger partial charge in [0.05, 0.1) is 5.69 Å². The van der Waals surface area contributed by atoms with E-state index in [1.807, 2.05) is 18.3 Å². The van der Waals surface area contributed by atoms with Gasteiger partial charge in [-0.3, -0.25) is 14.7 Å². The number of hydrogen-bond donors (Lipinski definition) is 1. The topological polar surface area (TPSA) is 45.2 Å². The van der Waals surface area contributed by atoms with Crippen LogP contribution < -0.4 is 5.32 Å². The molecule has 1 amide bonds. The standard InChI is InChI=1S/C18H27N3O/c1-18(8-4-9-18)20-17(22)13-15-6-11-21(12-7-15)14-16-5-2-3-10-19-16/h2-3,5,10,15H,4,6-9,11-14H2,1H3,(H,20,22). The molecule has 0 spiro atoms. The van der Waals surface area contributed by atoms with Crippen LogP contribution in [0.3, 0.4) is 0 Å². The van der Waals surface area contributed by atoms with Gasteiger partial charge in [0.15, 0.2) is 0 Å². The number of rotatable bonds is 5. The van der Waals surface area contributed by atoms with Crippen molar-refractivity contribution in [2.24, 2.45) is 5.92 Å². The van der Waals surface area contributed by atoms with E-state index in [0.717, 1.165) is 51.0 Å². The summed E-state index contributed by atoms with van der Waals surface area (Å²) >= 11 is 0. The lowest BCUT2D eigenvalue weighted by Crippen LogP contribution is -2.51. The lowest BCUT2D eigenvalue weighted by atomic mass is 9.78. The molecule has 1 saturated heterocycles. The minimum absolute atomic E-state index is 0.0940. The van der Waals surface area contributed by atoms with Crippen LogP contribution in [0, 0.1) is 5.92 Å². The van der Waals surface area contributed by atoms with Crippen molar-refractivity contribution in [3.8, 4) is 0 Å². The number of likely N-dealkylation sites (tertiary alicyclic amines) is 1. The van der Waals surface area contributed by atoms with E-state index in [9.17, 15) is 4.79 Å². The van der Waals surface area contributed by atoms with Crippen LogP contribution in [-0.2, 0) is 11.3 Å². The Morgan fingerprint density at radius 2 is 2.14 bits per heavy atom. The second-order valence-corrected chi connectivity index (χ2v) is 7.21. The number of nitrogens with one attached hydrogen (secondary N) is 1. The van der Waals surface area contributed by atoms with Crippen LogP contribution >= 0.6 is 0 Å². The maximum Gasteiger partial charge on any atom is 0.220 e. The molecule has 2 aliphatic rings. The Morgan fingerprint density at radius 1 is 1.36 bits per heavy atom. The number of hydrogen-bond acceptors (Lipinski definition) is 3. The number of amides is 1. The van der Waals surface area contributed by atoms with Gasteiger partial charge in [0.25, 0.3) is 0 Å². The first kappa shape index (κ1) is 15.5. The van der Waals surface area contributed by atoms with Crippen LogP contribution in [0.4, 0.5) is 0 Å². The fourth-order valence-electron chi connectivity index (χ4n) is 3.55. The van der Waals surface area contributed by atoms with Gasteiger partial charge in [0.2, 0.25) is 5.91 Å². The van der Waals surface area contributed by atoms with E-state index < -0.39 is 0 Å². The summed E-state index contributed by atoms with van der Waals surface area (Å²) in [6.45, 7) is 5.25.